The highest BCUT2D eigenvalue weighted by Crippen LogP contribution is 2.20. The summed E-state index contributed by atoms with van der Waals surface area (Å²) in [5.74, 6) is -2.67. The Hall–Kier alpha value is -2.24. The number of nitrogens with zero attached hydrogens (tertiary/aromatic N) is 1. The van der Waals surface area contributed by atoms with Gasteiger partial charge in [-0.15, -0.1) is 0 Å². The number of nitrogens with two attached hydrogens (primary N) is 2. The average molecular weight is 444 g/mol. The second-order valence-electron chi connectivity index (χ2n) is 8.35. The van der Waals surface area contributed by atoms with Gasteiger partial charge in [-0.2, -0.15) is 0 Å². The van der Waals surface area contributed by atoms with Gasteiger partial charge in [-0.1, -0.05) is 13.8 Å². The first-order valence-corrected chi connectivity index (χ1v) is 10.8. The van der Waals surface area contributed by atoms with Crippen LogP contribution in [0.2, 0.25) is 0 Å². The molecule has 1 saturated heterocycles. The second kappa shape index (κ2) is 13.2. The van der Waals surface area contributed by atoms with Crippen LogP contribution in [0.1, 0.15) is 52.4 Å². The number of carboxylic acid groups (broad SMARTS) is 1. The first-order chi connectivity index (χ1) is 14.6. The number of unbranched alkanes of at least 4 members (excludes halogenated alkanes) is 1. The van der Waals surface area contributed by atoms with Crippen molar-refractivity contribution in [1.82, 2.24) is 15.5 Å². The van der Waals surface area contributed by atoms with Crippen molar-refractivity contribution in [2.75, 3.05) is 19.7 Å². The Morgan fingerprint density at radius 3 is 2.29 bits per heavy atom. The lowest BCUT2D eigenvalue weighted by atomic mass is 10.0. The molecule has 1 heterocycles. The molecule has 0 aromatic carbocycles. The van der Waals surface area contributed by atoms with E-state index in [0.29, 0.717) is 45.2 Å². The van der Waals surface area contributed by atoms with Gasteiger partial charge in [0.2, 0.25) is 17.7 Å². The van der Waals surface area contributed by atoms with E-state index >= 15 is 0 Å². The summed E-state index contributed by atoms with van der Waals surface area (Å²) >= 11 is 0. The Kier molecular flexibility index (Phi) is 11.4. The van der Waals surface area contributed by atoms with Gasteiger partial charge >= 0.3 is 5.97 Å². The van der Waals surface area contributed by atoms with Crippen molar-refractivity contribution in [2.24, 2.45) is 17.4 Å². The highest BCUT2D eigenvalue weighted by atomic mass is 16.4. The largest absolute Gasteiger partial charge is 0.480 e. The number of hydrogen-bond acceptors (Lipinski definition) is 7. The van der Waals surface area contributed by atoms with E-state index in [1.165, 1.54) is 4.90 Å². The quantitative estimate of drug-likeness (QED) is 0.186. The zero-order valence-corrected chi connectivity index (χ0v) is 18.4. The Bertz CT molecular complexity index is 629. The summed E-state index contributed by atoms with van der Waals surface area (Å²) in [6.45, 7) is 3.97. The van der Waals surface area contributed by atoms with Crippen molar-refractivity contribution in [1.29, 1.82) is 0 Å². The molecule has 4 unspecified atom stereocenters. The number of amides is 3. The van der Waals surface area contributed by atoms with E-state index in [2.05, 4.69) is 10.6 Å². The van der Waals surface area contributed by atoms with Gasteiger partial charge in [0.1, 0.15) is 24.2 Å². The van der Waals surface area contributed by atoms with E-state index < -0.39 is 54.5 Å². The maximum atomic E-state index is 13.1. The Morgan fingerprint density at radius 1 is 1.10 bits per heavy atom. The Labute approximate surface area is 182 Å². The molecule has 11 heteroatoms. The van der Waals surface area contributed by atoms with E-state index in [4.69, 9.17) is 16.6 Å². The number of carbonyl (C=O) groups excluding carboxylic acids is 3. The third kappa shape index (κ3) is 8.42. The molecule has 1 aliphatic heterocycles. The van der Waals surface area contributed by atoms with Crippen LogP contribution in [-0.4, -0.2) is 82.7 Å². The lowest BCUT2D eigenvalue weighted by Gasteiger charge is -2.29. The van der Waals surface area contributed by atoms with Gasteiger partial charge in [0.05, 0.1) is 6.61 Å². The maximum Gasteiger partial charge on any atom is 0.326 e. The van der Waals surface area contributed by atoms with Crippen LogP contribution in [-0.2, 0) is 19.2 Å². The molecule has 1 aliphatic rings. The number of aliphatic hydroxyl groups excluding tert-OH is 1. The molecular weight excluding hydrogens is 406 g/mol. The predicted octanol–water partition coefficient (Wildman–Crippen LogP) is -1.47. The van der Waals surface area contributed by atoms with Crippen LogP contribution >= 0.6 is 0 Å². The van der Waals surface area contributed by atoms with Gasteiger partial charge in [0, 0.05) is 6.54 Å². The molecule has 0 spiro atoms. The van der Waals surface area contributed by atoms with Gasteiger partial charge in [-0.3, -0.25) is 14.4 Å². The number of rotatable bonds is 13. The predicted molar refractivity (Wildman–Crippen MR) is 114 cm³/mol. The smallest absolute Gasteiger partial charge is 0.326 e. The third-order valence-electron chi connectivity index (χ3n) is 5.26. The number of hydrogen-bond donors (Lipinski definition) is 6. The number of likely N-dealkylation sites (tertiary alicyclic amines) is 1. The topological polar surface area (TPSA) is 188 Å². The second-order valence-corrected chi connectivity index (χ2v) is 8.35. The molecule has 0 bridgehead atoms. The zero-order valence-electron chi connectivity index (χ0n) is 18.4. The summed E-state index contributed by atoms with van der Waals surface area (Å²) in [6, 6.07) is -3.93. The molecule has 11 nitrogen and oxygen atoms in total. The monoisotopic (exact) mass is 443 g/mol. The number of nitrogens with one attached hydrogen (secondary N) is 2. The molecule has 0 aromatic rings. The van der Waals surface area contributed by atoms with Gasteiger partial charge in [-0.25, -0.2) is 4.79 Å². The summed E-state index contributed by atoms with van der Waals surface area (Å²) < 4.78 is 0. The van der Waals surface area contributed by atoms with Gasteiger partial charge < -0.3 is 37.2 Å². The summed E-state index contributed by atoms with van der Waals surface area (Å²) in [5.41, 5.74) is 11.0. The van der Waals surface area contributed by atoms with Gasteiger partial charge in [-0.05, 0) is 51.0 Å². The SMILES string of the molecule is CC(C)CC(NC(=O)C(CCCCN)NC(=O)C(N)CO)C(=O)N1CCCC1C(=O)O. The molecule has 3 amide bonds. The van der Waals surface area contributed by atoms with E-state index in [1.807, 2.05) is 13.8 Å². The minimum Gasteiger partial charge on any atom is -0.480 e. The molecule has 8 N–H and O–H groups in total. The maximum absolute atomic E-state index is 13.1. The zero-order chi connectivity index (χ0) is 23.6. The van der Waals surface area contributed by atoms with E-state index in [1.54, 1.807) is 0 Å². The van der Waals surface area contributed by atoms with Crippen LogP contribution in [0.4, 0.5) is 0 Å². The fourth-order valence-corrected chi connectivity index (χ4v) is 3.58. The number of carbonyl (C=O) groups is 4. The van der Waals surface area contributed by atoms with Crippen LogP contribution in [0.5, 0.6) is 0 Å². The van der Waals surface area contributed by atoms with E-state index in [0.717, 1.165) is 0 Å². The van der Waals surface area contributed by atoms with Crippen molar-refractivity contribution in [3.05, 3.63) is 0 Å². The fourth-order valence-electron chi connectivity index (χ4n) is 3.58. The number of aliphatic hydroxyl groups is 1. The molecule has 1 fully saturated rings. The molecule has 4 atom stereocenters. The van der Waals surface area contributed by atoms with Crippen LogP contribution < -0.4 is 22.1 Å². The van der Waals surface area contributed by atoms with Crippen molar-refractivity contribution in [2.45, 2.75) is 76.5 Å². The standard InChI is InChI=1S/C20H37N5O6/c1-12(2)10-15(19(29)25-9-5-7-16(25)20(30)31)24-18(28)14(6-3-4-8-21)23-17(27)13(22)11-26/h12-16,26H,3-11,21-22H2,1-2H3,(H,23,27)(H,24,28)(H,30,31). The average Bonchev–Trinajstić information content (AvgIpc) is 3.21. The molecule has 1 rings (SSSR count). The van der Waals surface area contributed by atoms with Crippen LogP contribution in [0.15, 0.2) is 0 Å². The summed E-state index contributed by atoms with van der Waals surface area (Å²) in [7, 11) is 0. The first-order valence-electron chi connectivity index (χ1n) is 10.8. The normalized spacial score (nSPS) is 19.0. The minimum atomic E-state index is -1.17. The lowest BCUT2D eigenvalue weighted by Crippen LogP contribution is -2.57. The molecule has 0 aliphatic carbocycles. The summed E-state index contributed by atoms with van der Waals surface area (Å²) in [4.78, 5) is 50.9. The van der Waals surface area contributed by atoms with Crippen LogP contribution in [0.3, 0.4) is 0 Å². The molecule has 178 valence electrons. The number of aliphatic carboxylic acids is 1. The lowest BCUT2D eigenvalue weighted by molar-refractivity contribution is -0.149. The fraction of sp³-hybridized carbons (Fsp3) is 0.800. The highest BCUT2D eigenvalue weighted by molar-refractivity contribution is 5.94. The van der Waals surface area contributed by atoms with Crippen molar-refractivity contribution in [3.63, 3.8) is 0 Å². The molecular formula is C20H37N5O6. The molecule has 0 aromatic heterocycles. The van der Waals surface area contributed by atoms with Gasteiger partial charge in [0.15, 0.2) is 0 Å². The molecule has 0 radical (unpaired) electrons. The molecule has 0 saturated carbocycles. The van der Waals surface area contributed by atoms with Crippen molar-refractivity contribution in [3.8, 4) is 0 Å². The Morgan fingerprint density at radius 2 is 1.74 bits per heavy atom. The molecule has 31 heavy (non-hydrogen) atoms. The third-order valence-corrected chi connectivity index (χ3v) is 5.26. The first kappa shape index (κ1) is 26.8. The van der Waals surface area contributed by atoms with Crippen molar-refractivity contribution >= 4 is 23.7 Å². The van der Waals surface area contributed by atoms with Crippen LogP contribution in [0, 0.1) is 5.92 Å². The van der Waals surface area contributed by atoms with E-state index in [-0.39, 0.29) is 12.3 Å². The van der Waals surface area contributed by atoms with Gasteiger partial charge in [0.25, 0.3) is 0 Å². The summed E-state index contributed by atoms with van der Waals surface area (Å²) in [5, 5.41) is 23.7. The van der Waals surface area contributed by atoms with Crippen LogP contribution in [0.25, 0.3) is 0 Å². The summed E-state index contributed by atoms with van der Waals surface area (Å²) in [6.07, 6.45) is 2.79. The Balaban J connectivity index is 2.96. The van der Waals surface area contributed by atoms with E-state index in [9.17, 15) is 24.3 Å². The van der Waals surface area contributed by atoms with Crippen molar-refractivity contribution < 1.29 is 29.4 Å². The minimum absolute atomic E-state index is 0.0632. The number of carboxylic acids is 1. The highest BCUT2D eigenvalue weighted by Gasteiger charge is 2.38.